The van der Waals surface area contributed by atoms with Crippen molar-refractivity contribution < 1.29 is 4.39 Å². The van der Waals surface area contributed by atoms with E-state index >= 15 is 0 Å². The first kappa shape index (κ1) is 7.36. The van der Waals surface area contributed by atoms with E-state index in [1.807, 2.05) is 0 Å². The van der Waals surface area contributed by atoms with Gasteiger partial charge in [0.05, 0.1) is 10.7 Å². The van der Waals surface area contributed by atoms with Crippen molar-refractivity contribution in [3.8, 4) is 0 Å². The van der Waals surface area contributed by atoms with E-state index in [0.717, 1.165) is 0 Å². The van der Waals surface area contributed by atoms with Gasteiger partial charge in [-0.15, -0.1) is 0 Å². The Balaban J connectivity index is 3.05. The van der Waals surface area contributed by atoms with Gasteiger partial charge in [-0.1, -0.05) is 24.4 Å². The van der Waals surface area contributed by atoms with Gasteiger partial charge >= 0.3 is 0 Å². The highest BCUT2D eigenvalue weighted by atomic mass is 32.1. The molecule has 2 nitrogen and oxygen atoms in total. The second kappa shape index (κ2) is 2.64. The number of hydrogen-bond acceptors (Lipinski definition) is 2. The van der Waals surface area contributed by atoms with Crippen molar-refractivity contribution >= 4 is 23.1 Å². The molecule has 0 bridgehead atoms. The number of nitrogens with one attached hydrogen (secondary N) is 1. The second-order valence-electron chi connectivity index (χ2n) is 2.40. The molecule has 0 radical (unpaired) electrons. The summed E-state index contributed by atoms with van der Waals surface area (Å²) in [6.45, 7) is 0. The average molecular weight is 180 g/mol. The highest BCUT2D eigenvalue weighted by Gasteiger charge is 1.99. The molecule has 0 saturated carbocycles. The van der Waals surface area contributed by atoms with E-state index in [1.165, 1.54) is 12.3 Å². The SMILES string of the molecule is Fc1cccc2c(=S)cn[nH]c12. The largest absolute Gasteiger partial charge is 0.275 e. The van der Waals surface area contributed by atoms with E-state index in [0.29, 0.717) is 15.4 Å². The fourth-order valence-corrected chi connectivity index (χ4v) is 1.29. The Hall–Kier alpha value is -1.29. The summed E-state index contributed by atoms with van der Waals surface area (Å²) in [5.74, 6) is -0.327. The lowest BCUT2D eigenvalue weighted by atomic mass is 10.2. The molecule has 0 fully saturated rings. The molecule has 4 heteroatoms. The number of rotatable bonds is 0. The molecule has 0 aliphatic carbocycles. The third-order valence-electron chi connectivity index (χ3n) is 1.64. The summed E-state index contributed by atoms with van der Waals surface area (Å²) in [6, 6.07) is 4.76. The van der Waals surface area contributed by atoms with Gasteiger partial charge in [0, 0.05) is 5.39 Å². The van der Waals surface area contributed by atoms with E-state index in [4.69, 9.17) is 12.2 Å². The molecule has 1 heterocycles. The maximum atomic E-state index is 13.0. The van der Waals surface area contributed by atoms with Gasteiger partial charge in [0.15, 0.2) is 0 Å². The number of benzene rings is 1. The highest BCUT2D eigenvalue weighted by Crippen LogP contribution is 2.14. The van der Waals surface area contributed by atoms with Crippen LogP contribution >= 0.6 is 12.2 Å². The molecule has 0 saturated heterocycles. The molecule has 0 amide bonds. The van der Waals surface area contributed by atoms with Crippen molar-refractivity contribution in [2.24, 2.45) is 0 Å². The van der Waals surface area contributed by atoms with Gasteiger partial charge in [-0.25, -0.2) is 4.39 Å². The fourth-order valence-electron chi connectivity index (χ4n) is 1.07. The predicted octanol–water partition coefficient (Wildman–Crippen LogP) is 2.43. The predicted molar refractivity (Wildman–Crippen MR) is 46.9 cm³/mol. The van der Waals surface area contributed by atoms with E-state index in [-0.39, 0.29) is 5.82 Å². The van der Waals surface area contributed by atoms with Gasteiger partial charge in [0.25, 0.3) is 0 Å². The smallest absolute Gasteiger partial charge is 0.148 e. The van der Waals surface area contributed by atoms with Crippen LogP contribution in [0.1, 0.15) is 0 Å². The van der Waals surface area contributed by atoms with Crippen molar-refractivity contribution in [1.29, 1.82) is 0 Å². The Morgan fingerprint density at radius 2 is 2.25 bits per heavy atom. The first-order chi connectivity index (χ1) is 5.79. The maximum absolute atomic E-state index is 13.0. The van der Waals surface area contributed by atoms with Gasteiger partial charge in [0.2, 0.25) is 0 Å². The van der Waals surface area contributed by atoms with Crippen molar-refractivity contribution in [2.75, 3.05) is 0 Å². The van der Waals surface area contributed by atoms with Crippen LogP contribution in [0.15, 0.2) is 24.4 Å². The first-order valence-electron chi connectivity index (χ1n) is 3.41. The molecule has 0 spiro atoms. The topological polar surface area (TPSA) is 28.7 Å². The summed E-state index contributed by atoms with van der Waals surface area (Å²) in [5, 5.41) is 6.97. The van der Waals surface area contributed by atoms with Gasteiger partial charge < -0.3 is 0 Å². The number of aromatic amines is 1. The van der Waals surface area contributed by atoms with Gasteiger partial charge in [-0.05, 0) is 6.07 Å². The Morgan fingerprint density at radius 1 is 1.42 bits per heavy atom. The molecule has 0 unspecified atom stereocenters. The third-order valence-corrected chi connectivity index (χ3v) is 1.96. The number of hydrogen-bond donors (Lipinski definition) is 1. The Kier molecular flexibility index (Phi) is 1.62. The summed E-state index contributed by atoms with van der Waals surface area (Å²) in [7, 11) is 0. The lowest BCUT2D eigenvalue weighted by Crippen LogP contribution is -1.86. The molecule has 2 aromatic rings. The van der Waals surface area contributed by atoms with Crippen LogP contribution in [0.5, 0.6) is 0 Å². The molecule has 0 atom stereocenters. The molecule has 1 aromatic carbocycles. The molecular formula is C8H5FN2S. The van der Waals surface area contributed by atoms with Crippen LogP contribution in [0.2, 0.25) is 0 Å². The van der Waals surface area contributed by atoms with Crippen LogP contribution in [0.25, 0.3) is 10.9 Å². The zero-order valence-corrected chi connectivity index (χ0v) is 6.86. The van der Waals surface area contributed by atoms with Crippen LogP contribution in [0.3, 0.4) is 0 Å². The van der Waals surface area contributed by atoms with Crippen molar-refractivity contribution in [3.63, 3.8) is 0 Å². The zero-order valence-electron chi connectivity index (χ0n) is 6.04. The van der Waals surface area contributed by atoms with Gasteiger partial charge in [-0.3, -0.25) is 5.10 Å². The summed E-state index contributed by atoms with van der Waals surface area (Å²) in [4.78, 5) is 0. The Morgan fingerprint density at radius 3 is 3.00 bits per heavy atom. The van der Waals surface area contributed by atoms with Crippen LogP contribution in [-0.2, 0) is 0 Å². The molecule has 60 valence electrons. The zero-order chi connectivity index (χ0) is 8.55. The lowest BCUT2D eigenvalue weighted by Gasteiger charge is -1.96. The van der Waals surface area contributed by atoms with Crippen LogP contribution in [-0.4, -0.2) is 10.2 Å². The number of H-pyrrole nitrogens is 1. The van der Waals surface area contributed by atoms with E-state index < -0.39 is 0 Å². The number of aromatic nitrogens is 2. The van der Waals surface area contributed by atoms with Crippen LogP contribution < -0.4 is 0 Å². The minimum atomic E-state index is -0.327. The second-order valence-corrected chi connectivity index (χ2v) is 2.84. The van der Waals surface area contributed by atoms with Gasteiger partial charge in [-0.2, -0.15) is 5.10 Å². The molecular weight excluding hydrogens is 175 g/mol. The fraction of sp³-hybridized carbons (Fsp3) is 0. The van der Waals surface area contributed by atoms with E-state index in [2.05, 4.69) is 10.2 Å². The normalized spacial score (nSPS) is 10.4. The molecule has 2 rings (SSSR count). The first-order valence-corrected chi connectivity index (χ1v) is 3.82. The monoisotopic (exact) mass is 180 g/mol. The summed E-state index contributed by atoms with van der Waals surface area (Å²) < 4.78 is 13.6. The summed E-state index contributed by atoms with van der Waals surface area (Å²) in [6.07, 6.45) is 1.50. The maximum Gasteiger partial charge on any atom is 0.148 e. The summed E-state index contributed by atoms with van der Waals surface area (Å²) in [5.41, 5.74) is 0.366. The standard InChI is InChI=1S/C8H5FN2S/c9-6-3-1-2-5-7(12)4-10-11-8(5)6/h1-4H,(H,11,12). The molecule has 12 heavy (non-hydrogen) atoms. The third kappa shape index (κ3) is 1.00. The highest BCUT2D eigenvalue weighted by molar-refractivity contribution is 7.71. The van der Waals surface area contributed by atoms with E-state index in [1.54, 1.807) is 12.1 Å². The average Bonchev–Trinajstić information content (AvgIpc) is 2.07. The number of para-hydroxylation sites is 1. The Bertz CT molecular complexity index is 478. The number of nitrogens with zero attached hydrogens (tertiary/aromatic N) is 1. The minimum absolute atomic E-state index is 0.327. The molecule has 0 aliphatic rings. The van der Waals surface area contributed by atoms with Crippen molar-refractivity contribution in [1.82, 2.24) is 10.2 Å². The van der Waals surface area contributed by atoms with Crippen molar-refractivity contribution in [2.45, 2.75) is 0 Å². The van der Waals surface area contributed by atoms with Gasteiger partial charge in [0.1, 0.15) is 11.3 Å². The van der Waals surface area contributed by atoms with E-state index in [9.17, 15) is 4.39 Å². The molecule has 1 aromatic heterocycles. The Labute approximate surface area is 73.0 Å². The van der Waals surface area contributed by atoms with Crippen LogP contribution in [0.4, 0.5) is 4.39 Å². The summed E-state index contributed by atoms with van der Waals surface area (Å²) >= 11 is 4.96. The number of fused-ring (bicyclic) bond motifs is 1. The van der Waals surface area contributed by atoms with Crippen LogP contribution in [0, 0.1) is 10.3 Å². The molecule has 1 N–H and O–H groups in total. The minimum Gasteiger partial charge on any atom is -0.275 e. The quantitative estimate of drug-likeness (QED) is 0.631. The van der Waals surface area contributed by atoms with Crippen molar-refractivity contribution in [3.05, 3.63) is 34.7 Å². The number of halogens is 1. The molecule has 0 aliphatic heterocycles. The lowest BCUT2D eigenvalue weighted by molar-refractivity contribution is 0.635.